The van der Waals surface area contributed by atoms with Gasteiger partial charge in [-0.1, -0.05) is 61.9 Å². The second-order valence-electron chi connectivity index (χ2n) is 4.74. The summed E-state index contributed by atoms with van der Waals surface area (Å²) >= 11 is 1.87. The first-order valence-electron chi connectivity index (χ1n) is 6.86. The molecule has 0 spiro atoms. The van der Waals surface area contributed by atoms with Gasteiger partial charge in [-0.2, -0.15) is 0 Å². The molecule has 0 radical (unpaired) electrons. The van der Waals surface area contributed by atoms with Gasteiger partial charge in [0, 0.05) is 18.3 Å². The van der Waals surface area contributed by atoms with Crippen molar-refractivity contribution in [3.05, 3.63) is 35.9 Å². The van der Waals surface area contributed by atoms with Gasteiger partial charge in [-0.15, -0.1) is 0 Å². The third-order valence-corrected chi connectivity index (χ3v) is 4.18. The number of rotatable bonds is 6. The number of unbranched alkanes of at least 4 members (excludes halogenated alkanes) is 2. The predicted octanol–water partition coefficient (Wildman–Crippen LogP) is 3.48. The summed E-state index contributed by atoms with van der Waals surface area (Å²) < 4.78 is 0. The zero-order chi connectivity index (χ0) is 12.6. The average molecular weight is 262 g/mol. The molecule has 1 aliphatic rings. The highest BCUT2D eigenvalue weighted by atomic mass is 32.2. The summed E-state index contributed by atoms with van der Waals surface area (Å²) in [5.41, 5.74) is 1.41. The van der Waals surface area contributed by atoms with Crippen LogP contribution in [0.1, 0.15) is 31.7 Å². The summed E-state index contributed by atoms with van der Waals surface area (Å²) in [4.78, 5) is 4.62. The number of nitrogens with zero attached hydrogens (tertiary/aromatic N) is 1. The predicted molar refractivity (Wildman–Crippen MR) is 81.4 cm³/mol. The molecule has 2 rings (SSSR count). The van der Waals surface area contributed by atoms with E-state index in [1.54, 1.807) is 0 Å². The fraction of sp³-hybridized carbons (Fsp3) is 0.533. The van der Waals surface area contributed by atoms with Crippen LogP contribution in [0.4, 0.5) is 0 Å². The second-order valence-corrected chi connectivity index (χ2v) is 5.74. The fourth-order valence-electron chi connectivity index (χ4n) is 2.08. The molecule has 0 saturated carbocycles. The fourth-order valence-corrected chi connectivity index (χ4v) is 3.07. The number of nitrogens with one attached hydrogen (secondary N) is 1. The Morgan fingerprint density at radius 2 is 2.11 bits per heavy atom. The van der Waals surface area contributed by atoms with E-state index in [-0.39, 0.29) is 0 Å². The van der Waals surface area contributed by atoms with Gasteiger partial charge in [0.1, 0.15) is 0 Å². The first kappa shape index (κ1) is 13.5. The normalized spacial score (nSPS) is 21.2. The molecule has 18 heavy (non-hydrogen) atoms. The molecule has 98 valence electrons. The lowest BCUT2D eigenvalue weighted by molar-refractivity contribution is 0.682. The van der Waals surface area contributed by atoms with Gasteiger partial charge in [-0.25, -0.2) is 0 Å². The molecular weight excluding hydrogens is 240 g/mol. The van der Waals surface area contributed by atoms with Gasteiger partial charge in [-0.05, 0) is 18.4 Å². The smallest absolute Gasteiger partial charge is 0.156 e. The van der Waals surface area contributed by atoms with E-state index in [4.69, 9.17) is 0 Å². The zero-order valence-electron chi connectivity index (χ0n) is 11.1. The van der Waals surface area contributed by atoms with Crippen molar-refractivity contribution >= 4 is 16.9 Å². The lowest BCUT2D eigenvalue weighted by Gasteiger charge is -2.09. The maximum atomic E-state index is 4.62. The van der Waals surface area contributed by atoms with Crippen LogP contribution in [0.2, 0.25) is 0 Å². The Hall–Kier alpha value is -0.960. The van der Waals surface area contributed by atoms with Crippen LogP contribution in [0.15, 0.2) is 35.3 Å². The third-order valence-electron chi connectivity index (χ3n) is 3.09. The minimum absolute atomic E-state index is 0.544. The van der Waals surface area contributed by atoms with Crippen molar-refractivity contribution in [3.63, 3.8) is 0 Å². The van der Waals surface area contributed by atoms with Gasteiger partial charge in [0.2, 0.25) is 0 Å². The minimum Gasteiger partial charge on any atom is -0.361 e. The monoisotopic (exact) mass is 262 g/mol. The number of benzene rings is 1. The number of aliphatic imine (C=N–C) groups is 1. The number of thioether (sulfide) groups is 1. The molecule has 3 heteroatoms. The van der Waals surface area contributed by atoms with E-state index in [0.717, 1.165) is 23.9 Å². The SMILES string of the molecule is CCCCCN=C1NC(Cc2ccccc2)CS1. The van der Waals surface area contributed by atoms with E-state index >= 15 is 0 Å². The van der Waals surface area contributed by atoms with Crippen LogP contribution in [-0.4, -0.2) is 23.5 Å². The van der Waals surface area contributed by atoms with Crippen LogP contribution < -0.4 is 5.32 Å². The van der Waals surface area contributed by atoms with Crippen molar-refractivity contribution in [2.75, 3.05) is 12.3 Å². The van der Waals surface area contributed by atoms with Crippen LogP contribution in [0.3, 0.4) is 0 Å². The maximum absolute atomic E-state index is 4.62. The Balaban J connectivity index is 1.75. The van der Waals surface area contributed by atoms with E-state index in [9.17, 15) is 0 Å². The Labute approximate surface area is 114 Å². The van der Waals surface area contributed by atoms with Crippen molar-refractivity contribution < 1.29 is 0 Å². The van der Waals surface area contributed by atoms with E-state index in [2.05, 4.69) is 47.6 Å². The Kier molecular flexibility index (Phi) is 5.59. The number of amidine groups is 1. The standard InChI is InChI=1S/C15H22N2S/c1-2-3-7-10-16-15-17-14(12-18-15)11-13-8-5-4-6-9-13/h4-6,8-9,14H,2-3,7,10-12H2,1H3,(H,16,17). The molecule has 0 amide bonds. The van der Waals surface area contributed by atoms with Crippen molar-refractivity contribution in [1.82, 2.24) is 5.32 Å². The first-order valence-corrected chi connectivity index (χ1v) is 7.84. The van der Waals surface area contributed by atoms with Gasteiger partial charge >= 0.3 is 0 Å². The van der Waals surface area contributed by atoms with Gasteiger partial charge < -0.3 is 5.32 Å². The molecule has 1 fully saturated rings. The van der Waals surface area contributed by atoms with E-state index in [0.29, 0.717) is 6.04 Å². The summed E-state index contributed by atoms with van der Waals surface area (Å²) in [5.74, 6) is 1.14. The number of hydrogen-bond acceptors (Lipinski definition) is 2. The summed E-state index contributed by atoms with van der Waals surface area (Å²) in [5, 5.41) is 4.67. The molecule has 0 aliphatic carbocycles. The topological polar surface area (TPSA) is 24.4 Å². The van der Waals surface area contributed by atoms with Crippen molar-refractivity contribution in [3.8, 4) is 0 Å². The van der Waals surface area contributed by atoms with Crippen LogP contribution in [0.5, 0.6) is 0 Å². The van der Waals surface area contributed by atoms with Gasteiger partial charge in [-0.3, -0.25) is 4.99 Å². The van der Waals surface area contributed by atoms with Gasteiger partial charge in [0.05, 0.1) is 0 Å². The molecule has 1 saturated heterocycles. The van der Waals surface area contributed by atoms with Crippen LogP contribution in [-0.2, 0) is 6.42 Å². The lowest BCUT2D eigenvalue weighted by atomic mass is 10.1. The Morgan fingerprint density at radius 1 is 1.28 bits per heavy atom. The molecule has 1 aromatic rings. The maximum Gasteiger partial charge on any atom is 0.156 e. The largest absolute Gasteiger partial charge is 0.361 e. The lowest BCUT2D eigenvalue weighted by Crippen LogP contribution is -2.29. The highest BCUT2D eigenvalue weighted by Gasteiger charge is 2.19. The third kappa shape index (κ3) is 4.37. The minimum atomic E-state index is 0.544. The molecule has 0 bridgehead atoms. The molecule has 1 unspecified atom stereocenters. The Morgan fingerprint density at radius 3 is 2.89 bits per heavy atom. The first-order chi connectivity index (χ1) is 8.88. The van der Waals surface area contributed by atoms with E-state index in [1.807, 2.05) is 11.8 Å². The molecule has 2 nitrogen and oxygen atoms in total. The van der Waals surface area contributed by atoms with Crippen molar-refractivity contribution in [1.29, 1.82) is 0 Å². The zero-order valence-corrected chi connectivity index (χ0v) is 11.9. The molecule has 1 aliphatic heterocycles. The van der Waals surface area contributed by atoms with Crippen LogP contribution in [0.25, 0.3) is 0 Å². The number of hydrogen-bond donors (Lipinski definition) is 1. The summed E-state index contributed by atoms with van der Waals surface area (Å²) in [7, 11) is 0. The molecule has 1 N–H and O–H groups in total. The molecular formula is C15H22N2S. The van der Waals surface area contributed by atoms with E-state index < -0.39 is 0 Å². The molecule has 1 atom stereocenters. The molecule has 1 heterocycles. The van der Waals surface area contributed by atoms with Crippen molar-refractivity contribution in [2.24, 2.45) is 4.99 Å². The average Bonchev–Trinajstić information content (AvgIpc) is 2.84. The molecule has 1 aromatic carbocycles. The summed E-state index contributed by atoms with van der Waals surface area (Å²) in [6.45, 7) is 3.20. The van der Waals surface area contributed by atoms with Gasteiger partial charge in [0.15, 0.2) is 5.17 Å². The summed E-state index contributed by atoms with van der Waals surface area (Å²) in [6, 6.07) is 11.2. The summed E-state index contributed by atoms with van der Waals surface area (Å²) in [6.07, 6.45) is 4.87. The highest BCUT2D eigenvalue weighted by molar-refractivity contribution is 8.14. The van der Waals surface area contributed by atoms with Crippen molar-refractivity contribution in [2.45, 2.75) is 38.6 Å². The Bertz CT molecular complexity index is 375. The second kappa shape index (κ2) is 7.47. The molecule has 0 aromatic heterocycles. The van der Waals surface area contributed by atoms with Crippen LogP contribution >= 0.6 is 11.8 Å². The quantitative estimate of drug-likeness (QED) is 0.794. The van der Waals surface area contributed by atoms with Crippen LogP contribution in [0, 0.1) is 0 Å². The van der Waals surface area contributed by atoms with Gasteiger partial charge in [0.25, 0.3) is 0 Å². The van der Waals surface area contributed by atoms with E-state index in [1.165, 1.54) is 24.8 Å². The highest BCUT2D eigenvalue weighted by Crippen LogP contribution is 2.17.